The van der Waals surface area contributed by atoms with Crippen LogP contribution in [0.5, 0.6) is 11.5 Å². The molecule has 0 amide bonds. The zero-order chi connectivity index (χ0) is 38.9. The quantitative estimate of drug-likeness (QED) is 0.0947. The number of hydrogen-bond donors (Lipinski definition) is 4. The summed E-state index contributed by atoms with van der Waals surface area (Å²) in [6.07, 6.45) is 5.39. The monoisotopic (exact) mass is 742 g/mol. The maximum Gasteiger partial charge on any atom is 0.173 e. The van der Waals surface area contributed by atoms with Crippen LogP contribution in [0, 0.1) is 41.4 Å². The number of carbonyl (C=O) groups excluding carboxylic acids is 2. The van der Waals surface area contributed by atoms with E-state index in [2.05, 4.69) is 35.9 Å². The number of ketones is 2. The van der Waals surface area contributed by atoms with Crippen molar-refractivity contribution in [1.82, 2.24) is 4.98 Å². The molecule has 1 heterocycles. The number of benzene rings is 3. The van der Waals surface area contributed by atoms with Gasteiger partial charge in [0, 0.05) is 36.6 Å². The van der Waals surface area contributed by atoms with Crippen molar-refractivity contribution in [3.05, 3.63) is 118 Å². The predicted octanol–water partition coefficient (Wildman–Crippen LogP) is 7.04. The van der Waals surface area contributed by atoms with Gasteiger partial charge in [-0.3, -0.25) is 9.59 Å². The summed E-state index contributed by atoms with van der Waals surface area (Å²) >= 11 is 0. The Morgan fingerprint density at radius 2 is 1.67 bits per heavy atom. The lowest BCUT2D eigenvalue weighted by Crippen LogP contribution is -2.39. The van der Waals surface area contributed by atoms with Gasteiger partial charge in [0.05, 0.1) is 13.0 Å². The summed E-state index contributed by atoms with van der Waals surface area (Å²) in [5, 5.41) is 33.9. The third-order valence-corrected chi connectivity index (χ3v) is 11.8. The molecule has 0 spiro atoms. The molecule has 55 heavy (non-hydrogen) atoms. The number of aromatic hydroxyl groups is 1. The Kier molecular flexibility index (Phi) is 13.4. The number of Topliss-reactive ketones (excluding diaryl/α,β-unsaturated/α-hetero) is 2. The molecule has 2 aliphatic carbocycles. The second kappa shape index (κ2) is 18.6. The summed E-state index contributed by atoms with van der Waals surface area (Å²) in [4.78, 5) is 32.4. The number of nitrogen functional groups attached to an aromatic ring is 1. The largest absolute Gasteiger partial charge is 0.504 e. The maximum atomic E-state index is 14.4. The topological polar surface area (TPSA) is 143 Å². The third-order valence-electron chi connectivity index (χ3n) is 11.8. The van der Waals surface area contributed by atoms with Gasteiger partial charge < -0.3 is 25.8 Å². The first-order chi connectivity index (χ1) is 26.7. The number of ether oxygens (including phenoxy) is 1. The molecule has 3 aromatic carbocycles. The van der Waals surface area contributed by atoms with Crippen LogP contribution in [-0.2, 0) is 35.3 Å². The van der Waals surface area contributed by atoms with Gasteiger partial charge in [0.1, 0.15) is 5.82 Å². The minimum Gasteiger partial charge on any atom is -0.504 e. The standard InChI is InChI=1S/C47H54N2O6/c1-3-10-36(29-50)37-25-32(23-31-21-22-49-43(48)26-31)24-34-16-19-38(33-13-8-5-9-14-33)44-35(17-20-41(51)47(54)46(53)40(34)27-37)28-42(55-2)45(52)39(44)18-15-30-11-6-4-7-12-30/h4-9,11-14,21-22,26,28,32,34,36-38,40,47,50,52,54H,3,10,15,17-18,20,23-25,27,29H2,1-2H3,(H2,48,49)/t32-,34+,36+,37+,38+,40-,47-/m0/s1. The highest BCUT2D eigenvalue weighted by Gasteiger charge is 2.42. The number of anilines is 1. The van der Waals surface area contributed by atoms with Gasteiger partial charge >= 0.3 is 0 Å². The van der Waals surface area contributed by atoms with E-state index < -0.39 is 35.4 Å². The van der Waals surface area contributed by atoms with Crippen LogP contribution in [0.1, 0.15) is 84.7 Å². The number of carbonyl (C=O) groups is 2. The average Bonchev–Trinajstić information content (AvgIpc) is 3.38. The Morgan fingerprint density at radius 1 is 0.927 bits per heavy atom. The van der Waals surface area contributed by atoms with Crippen molar-refractivity contribution < 1.29 is 29.6 Å². The number of rotatable bonds is 11. The predicted molar refractivity (Wildman–Crippen MR) is 215 cm³/mol. The van der Waals surface area contributed by atoms with Gasteiger partial charge in [-0.25, -0.2) is 4.98 Å². The lowest BCUT2D eigenvalue weighted by Gasteiger charge is -2.29. The van der Waals surface area contributed by atoms with E-state index >= 15 is 0 Å². The van der Waals surface area contributed by atoms with Crippen LogP contribution < -0.4 is 10.5 Å². The fraction of sp³-hybridized carbons (Fsp3) is 0.426. The second-order valence-electron chi connectivity index (χ2n) is 15.4. The van der Waals surface area contributed by atoms with Crippen molar-refractivity contribution in [2.24, 2.45) is 29.6 Å². The molecule has 1 aromatic heterocycles. The molecule has 6 rings (SSSR count). The number of pyridine rings is 1. The van der Waals surface area contributed by atoms with E-state index in [9.17, 15) is 24.9 Å². The van der Waals surface area contributed by atoms with Crippen LogP contribution in [0.25, 0.3) is 0 Å². The first-order valence-corrected chi connectivity index (χ1v) is 19.8. The summed E-state index contributed by atoms with van der Waals surface area (Å²) in [5.74, 6) is 5.44. The van der Waals surface area contributed by atoms with Gasteiger partial charge in [0.15, 0.2) is 29.2 Å². The normalized spacial score (nSPS) is 23.5. The number of aliphatic hydroxyl groups excluding tert-OH is 2. The molecule has 0 bridgehead atoms. The van der Waals surface area contributed by atoms with Gasteiger partial charge in [0.2, 0.25) is 0 Å². The number of aryl methyl sites for hydroxylation is 2. The highest BCUT2D eigenvalue weighted by atomic mass is 16.5. The number of aromatic nitrogens is 1. The van der Waals surface area contributed by atoms with E-state index in [4.69, 9.17) is 10.5 Å². The molecular weight excluding hydrogens is 689 g/mol. The zero-order valence-electron chi connectivity index (χ0n) is 32.0. The Labute approximate surface area is 325 Å². The summed E-state index contributed by atoms with van der Waals surface area (Å²) in [7, 11) is 1.51. The Morgan fingerprint density at radius 3 is 2.36 bits per heavy atom. The summed E-state index contributed by atoms with van der Waals surface area (Å²) in [6, 6.07) is 25.7. The second-order valence-corrected chi connectivity index (χ2v) is 15.4. The Bertz CT molecular complexity index is 1990. The molecule has 0 unspecified atom stereocenters. The SMILES string of the molecule is CCC[C@H](CO)[C@@H]1C[C@@H](Cc2ccnc(N)c2)C[C@H]2C#C[C@H](c3ccccc3)c3c(cc(OC)c(O)c3CCc3ccccc3)CCC(=O)[C@H](O)C(=O)[C@H]2C1. The van der Waals surface area contributed by atoms with Crippen molar-refractivity contribution in [3.63, 3.8) is 0 Å². The van der Waals surface area contributed by atoms with Gasteiger partial charge in [0.25, 0.3) is 0 Å². The lowest BCUT2D eigenvalue weighted by molar-refractivity contribution is -0.142. The minimum absolute atomic E-state index is 0.00223. The molecule has 288 valence electrons. The van der Waals surface area contributed by atoms with Crippen LogP contribution in [-0.4, -0.2) is 51.7 Å². The van der Waals surface area contributed by atoms with Crippen LogP contribution in [0.15, 0.2) is 85.1 Å². The Balaban J connectivity index is 1.53. The van der Waals surface area contributed by atoms with Crippen LogP contribution in [0.2, 0.25) is 0 Å². The fourth-order valence-corrected chi connectivity index (χ4v) is 9.04. The highest BCUT2D eigenvalue weighted by Crippen LogP contribution is 2.45. The van der Waals surface area contributed by atoms with E-state index in [0.717, 1.165) is 47.1 Å². The van der Waals surface area contributed by atoms with Crippen LogP contribution in [0.3, 0.4) is 0 Å². The molecule has 1 saturated carbocycles. The van der Waals surface area contributed by atoms with E-state index in [0.29, 0.717) is 49.2 Å². The lowest BCUT2D eigenvalue weighted by atomic mass is 9.75. The summed E-state index contributed by atoms with van der Waals surface area (Å²) in [6.45, 7) is 2.09. The van der Waals surface area contributed by atoms with Crippen molar-refractivity contribution >= 4 is 17.4 Å². The first kappa shape index (κ1) is 39.7. The molecule has 2 aliphatic rings. The van der Waals surface area contributed by atoms with Crippen molar-refractivity contribution in [2.75, 3.05) is 19.5 Å². The van der Waals surface area contributed by atoms with Crippen molar-refractivity contribution in [1.29, 1.82) is 0 Å². The first-order valence-electron chi connectivity index (χ1n) is 19.8. The van der Waals surface area contributed by atoms with Gasteiger partial charge in [-0.1, -0.05) is 85.8 Å². The maximum absolute atomic E-state index is 14.4. The summed E-state index contributed by atoms with van der Waals surface area (Å²) in [5.41, 5.74) is 11.5. The number of methoxy groups -OCH3 is 1. The molecule has 8 nitrogen and oxygen atoms in total. The van der Waals surface area contributed by atoms with Gasteiger partial charge in [-0.2, -0.15) is 0 Å². The summed E-state index contributed by atoms with van der Waals surface area (Å²) < 4.78 is 5.69. The van der Waals surface area contributed by atoms with E-state index in [1.165, 1.54) is 7.11 Å². The molecule has 0 saturated heterocycles. The Hall–Kier alpha value is -4.97. The molecule has 7 atom stereocenters. The number of phenols is 1. The average molecular weight is 743 g/mol. The molecule has 0 aliphatic heterocycles. The zero-order valence-corrected chi connectivity index (χ0v) is 32.0. The molecule has 4 aromatic rings. The molecular formula is C47H54N2O6. The van der Waals surface area contributed by atoms with Crippen LogP contribution in [0.4, 0.5) is 5.82 Å². The van der Waals surface area contributed by atoms with Crippen molar-refractivity contribution in [3.8, 4) is 23.3 Å². The number of fused-ring (bicyclic) bond motifs is 2. The highest BCUT2D eigenvalue weighted by molar-refractivity contribution is 6.06. The minimum atomic E-state index is -1.78. The molecule has 5 N–H and O–H groups in total. The van der Waals surface area contributed by atoms with Gasteiger partial charge in [-0.05, 0) is 115 Å². The van der Waals surface area contributed by atoms with Crippen LogP contribution >= 0.6 is 0 Å². The smallest absolute Gasteiger partial charge is 0.173 e. The molecule has 8 heteroatoms. The number of hydrogen-bond acceptors (Lipinski definition) is 8. The number of nitrogens with zero attached hydrogens (tertiary/aromatic N) is 1. The molecule has 1 fully saturated rings. The van der Waals surface area contributed by atoms with Crippen molar-refractivity contribution in [2.45, 2.75) is 83.2 Å². The number of aliphatic hydroxyl groups is 2. The number of phenolic OH excluding ortho intramolecular Hbond substituents is 1. The van der Waals surface area contributed by atoms with E-state index in [-0.39, 0.29) is 43.0 Å². The third kappa shape index (κ3) is 9.47. The molecule has 0 radical (unpaired) electrons. The van der Waals surface area contributed by atoms with Gasteiger partial charge in [-0.15, -0.1) is 0 Å². The fourth-order valence-electron chi connectivity index (χ4n) is 9.04. The van der Waals surface area contributed by atoms with E-state index in [1.807, 2.05) is 60.7 Å². The number of nitrogens with two attached hydrogens (primary N) is 1. The van der Waals surface area contributed by atoms with E-state index in [1.54, 1.807) is 12.3 Å².